The number of benzene rings is 1. The van der Waals surface area contributed by atoms with E-state index in [1.165, 1.54) is 0 Å². The SMILES string of the molecule is C=CCOC(=O)c1ccc2c(c1)nc(C)n2C1CCNCC1.Cl.Cl. The molecule has 2 aromatic rings. The number of carbonyl (C=O) groups excluding carboxylic acids is 1. The fourth-order valence-corrected chi connectivity index (χ4v) is 3.09. The molecule has 1 saturated heterocycles. The van der Waals surface area contributed by atoms with Crippen LogP contribution in [0.25, 0.3) is 11.0 Å². The van der Waals surface area contributed by atoms with Crippen LogP contribution in [-0.2, 0) is 4.74 Å². The molecular formula is C17H23Cl2N3O2. The summed E-state index contributed by atoms with van der Waals surface area (Å²) in [4.78, 5) is 16.6. The molecule has 1 aromatic carbocycles. The van der Waals surface area contributed by atoms with E-state index in [2.05, 4.69) is 21.4 Å². The van der Waals surface area contributed by atoms with Gasteiger partial charge >= 0.3 is 5.97 Å². The van der Waals surface area contributed by atoms with Crippen molar-refractivity contribution in [2.75, 3.05) is 19.7 Å². The molecule has 1 N–H and O–H groups in total. The van der Waals surface area contributed by atoms with Crippen molar-refractivity contribution in [1.29, 1.82) is 0 Å². The third-order valence-electron chi connectivity index (χ3n) is 4.11. The third-order valence-corrected chi connectivity index (χ3v) is 4.11. The maximum atomic E-state index is 11.9. The predicted octanol–water partition coefficient (Wildman–Crippen LogP) is 3.46. The van der Waals surface area contributed by atoms with Crippen LogP contribution < -0.4 is 5.32 Å². The van der Waals surface area contributed by atoms with Gasteiger partial charge in [0.15, 0.2) is 0 Å². The normalized spacial score (nSPS) is 14.5. The molecule has 0 spiro atoms. The van der Waals surface area contributed by atoms with Crippen LogP contribution in [0.15, 0.2) is 30.9 Å². The molecule has 2 heterocycles. The first-order valence-corrected chi connectivity index (χ1v) is 7.68. The number of esters is 1. The van der Waals surface area contributed by atoms with Crippen LogP contribution in [0.4, 0.5) is 0 Å². The number of aromatic nitrogens is 2. The summed E-state index contributed by atoms with van der Waals surface area (Å²) in [5.74, 6) is 0.661. The lowest BCUT2D eigenvalue weighted by molar-refractivity contribution is 0.0550. The van der Waals surface area contributed by atoms with Gasteiger partial charge in [-0.2, -0.15) is 0 Å². The summed E-state index contributed by atoms with van der Waals surface area (Å²) in [6.07, 6.45) is 3.78. The largest absolute Gasteiger partial charge is 0.458 e. The van der Waals surface area contributed by atoms with E-state index in [-0.39, 0.29) is 37.4 Å². The lowest BCUT2D eigenvalue weighted by atomic mass is 10.1. The molecule has 0 atom stereocenters. The maximum absolute atomic E-state index is 11.9. The Morgan fingerprint density at radius 3 is 2.79 bits per heavy atom. The van der Waals surface area contributed by atoms with E-state index in [1.54, 1.807) is 6.08 Å². The Hall–Kier alpha value is -1.56. The summed E-state index contributed by atoms with van der Waals surface area (Å²) in [5, 5.41) is 3.38. The minimum absolute atomic E-state index is 0. The third kappa shape index (κ3) is 4.09. The first-order chi connectivity index (χ1) is 10.7. The van der Waals surface area contributed by atoms with Gasteiger partial charge in [0.25, 0.3) is 0 Å². The highest BCUT2D eigenvalue weighted by Gasteiger charge is 2.20. The van der Waals surface area contributed by atoms with Gasteiger partial charge in [-0.05, 0) is 51.1 Å². The smallest absolute Gasteiger partial charge is 0.338 e. The Kier molecular flexibility index (Phi) is 7.73. The number of piperidine rings is 1. The number of hydrogen-bond acceptors (Lipinski definition) is 4. The molecule has 0 amide bonds. The van der Waals surface area contributed by atoms with Crippen molar-refractivity contribution in [3.8, 4) is 0 Å². The molecule has 0 aliphatic carbocycles. The van der Waals surface area contributed by atoms with E-state index in [0.717, 1.165) is 42.8 Å². The summed E-state index contributed by atoms with van der Waals surface area (Å²) in [7, 11) is 0. The minimum atomic E-state index is -0.337. The molecule has 1 fully saturated rings. The number of aryl methyl sites for hydroxylation is 1. The van der Waals surface area contributed by atoms with E-state index in [4.69, 9.17) is 4.74 Å². The summed E-state index contributed by atoms with van der Waals surface area (Å²) < 4.78 is 7.38. The molecule has 1 aromatic heterocycles. The van der Waals surface area contributed by atoms with Crippen molar-refractivity contribution in [3.05, 3.63) is 42.2 Å². The molecule has 3 rings (SSSR count). The van der Waals surface area contributed by atoms with Gasteiger partial charge in [0.2, 0.25) is 0 Å². The number of hydrogen-bond donors (Lipinski definition) is 1. The number of halogens is 2. The second-order valence-corrected chi connectivity index (χ2v) is 5.60. The number of nitrogens with zero attached hydrogens (tertiary/aromatic N) is 2. The lowest BCUT2D eigenvalue weighted by Gasteiger charge is -2.25. The highest BCUT2D eigenvalue weighted by molar-refractivity contribution is 5.93. The fraction of sp³-hybridized carbons (Fsp3) is 0.412. The van der Waals surface area contributed by atoms with E-state index in [9.17, 15) is 4.79 Å². The van der Waals surface area contributed by atoms with E-state index in [1.807, 2.05) is 25.1 Å². The molecule has 132 valence electrons. The Morgan fingerprint density at radius 2 is 2.12 bits per heavy atom. The van der Waals surface area contributed by atoms with Gasteiger partial charge in [-0.3, -0.25) is 0 Å². The van der Waals surface area contributed by atoms with Crippen LogP contribution >= 0.6 is 24.8 Å². The number of carbonyl (C=O) groups is 1. The summed E-state index contributed by atoms with van der Waals surface area (Å²) in [6.45, 7) is 7.87. The molecule has 0 radical (unpaired) electrons. The number of ether oxygens (including phenoxy) is 1. The van der Waals surface area contributed by atoms with Crippen molar-refractivity contribution < 1.29 is 9.53 Å². The second-order valence-electron chi connectivity index (χ2n) is 5.60. The van der Waals surface area contributed by atoms with Gasteiger partial charge in [-0.1, -0.05) is 12.7 Å². The zero-order valence-corrected chi connectivity index (χ0v) is 15.3. The van der Waals surface area contributed by atoms with Gasteiger partial charge < -0.3 is 14.6 Å². The quantitative estimate of drug-likeness (QED) is 0.660. The minimum Gasteiger partial charge on any atom is -0.458 e. The van der Waals surface area contributed by atoms with Crippen molar-refractivity contribution in [2.24, 2.45) is 0 Å². The van der Waals surface area contributed by atoms with E-state index in [0.29, 0.717) is 11.6 Å². The Bertz CT molecular complexity index is 709. The molecule has 0 unspecified atom stereocenters. The number of fused-ring (bicyclic) bond motifs is 1. The monoisotopic (exact) mass is 371 g/mol. The van der Waals surface area contributed by atoms with Crippen LogP contribution in [0.1, 0.15) is 35.1 Å². The van der Waals surface area contributed by atoms with Gasteiger partial charge in [0, 0.05) is 6.04 Å². The van der Waals surface area contributed by atoms with Crippen molar-refractivity contribution in [1.82, 2.24) is 14.9 Å². The van der Waals surface area contributed by atoms with Crippen molar-refractivity contribution in [2.45, 2.75) is 25.8 Å². The average molecular weight is 372 g/mol. The first-order valence-electron chi connectivity index (χ1n) is 7.68. The van der Waals surface area contributed by atoms with Gasteiger partial charge in [-0.15, -0.1) is 24.8 Å². The Labute approximate surface area is 154 Å². The van der Waals surface area contributed by atoms with Crippen LogP contribution in [0, 0.1) is 6.92 Å². The molecular weight excluding hydrogens is 349 g/mol. The maximum Gasteiger partial charge on any atom is 0.338 e. The van der Waals surface area contributed by atoms with E-state index >= 15 is 0 Å². The zero-order valence-electron chi connectivity index (χ0n) is 13.7. The van der Waals surface area contributed by atoms with Crippen LogP contribution in [0.2, 0.25) is 0 Å². The van der Waals surface area contributed by atoms with Crippen molar-refractivity contribution in [3.63, 3.8) is 0 Å². The summed E-state index contributed by atoms with van der Waals surface area (Å²) in [6, 6.07) is 6.07. The fourth-order valence-electron chi connectivity index (χ4n) is 3.09. The topological polar surface area (TPSA) is 56.1 Å². The van der Waals surface area contributed by atoms with Crippen molar-refractivity contribution >= 4 is 41.8 Å². The Balaban J connectivity index is 0.00000144. The number of rotatable bonds is 4. The van der Waals surface area contributed by atoms with Gasteiger partial charge in [0.05, 0.1) is 16.6 Å². The van der Waals surface area contributed by atoms with Crippen LogP contribution in [-0.4, -0.2) is 35.2 Å². The summed E-state index contributed by atoms with van der Waals surface area (Å²) in [5.41, 5.74) is 2.47. The molecule has 1 aliphatic heterocycles. The zero-order chi connectivity index (χ0) is 15.5. The highest BCUT2D eigenvalue weighted by Crippen LogP contribution is 2.27. The predicted molar refractivity (Wildman–Crippen MR) is 101 cm³/mol. The molecule has 24 heavy (non-hydrogen) atoms. The van der Waals surface area contributed by atoms with Crippen LogP contribution in [0.5, 0.6) is 0 Å². The van der Waals surface area contributed by atoms with Gasteiger partial charge in [0.1, 0.15) is 12.4 Å². The Morgan fingerprint density at radius 1 is 1.42 bits per heavy atom. The number of imidazole rings is 1. The lowest BCUT2D eigenvalue weighted by Crippen LogP contribution is -2.29. The molecule has 0 bridgehead atoms. The van der Waals surface area contributed by atoms with E-state index < -0.39 is 0 Å². The first kappa shape index (κ1) is 20.5. The molecule has 0 saturated carbocycles. The highest BCUT2D eigenvalue weighted by atomic mass is 35.5. The number of nitrogens with one attached hydrogen (secondary N) is 1. The van der Waals surface area contributed by atoms with Crippen LogP contribution in [0.3, 0.4) is 0 Å². The standard InChI is InChI=1S/C17H21N3O2.2ClH/c1-3-10-22-17(21)13-4-5-16-15(11-13)19-12(2)20(16)14-6-8-18-9-7-14;;/h3-5,11,14,18H,1,6-10H2,2H3;2*1H. The van der Waals surface area contributed by atoms with Gasteiger partial charge in [-0.25, -0.2) is 9.78 Å². The second kappa shape index (κ2) is 9.06. The molecule has 1 aliphatic rings. The average Bonchev–Trinajstić information content (AvgIpc) is 2.88. The molecule has 5 nitrogen and oxygen atoms in total. The molecule has 7 heteroatoms. The summed E-state index contributed by atoms with van der Waals surface area (Å²) >= 11 is 0.